The third-order valence-corrected chi connectivity index (χ3v) is 9.14. The van der Waals surface area contributed by atoms with Gasteiger partial charge < -0.3 is 23.8 Å². The molecule has 2 aromatic heterocycles. The van der Waals surface area contributed by atoms with Crippen LogP contribution in [0.1, 0.15) is 48.5 Å². The molecular formula is C42H34Cl2F2N2O5. The zero-order valence-electron chi connectivity index (χ0n) is 28.7. The molecule has 7 rings (SSSR count). The van der Waals surface area contributed by atoms with E-state index in [9.17, 15) is 18.4 Å². The highest BCUT2D eigenvalue weighted by Gasteiger charge is 2.15. The summed E-state index contributed by atoms with van der Waals surface area (Å²) in [5.41, 5.74) is 7.83. The molecule has 0 fully saturated rings. The summed E-state index contributed by atoms with van der Waals surface area (Å²) in [6.07, 6.45) is 5.08. The number of benzene rings is 5. The number of H-pyrrole nitrogens is 1. The highest BCUT2D eigenvalue weighted by molar-refractivity contribution is 6.31. The Morgan fingerprint density at radius 3 is 1.94 bits per heavy atom. The lowest BCUT2D eigenvalue weighted by Crippen LogP contribution is -2.06. The number of hydrogen-bond acceptors (Lipinski definition) is 5. The molecule has 0 aliphatic carbocycles. The quantitative estimate of drug-likeness (QED) is 0.141. The van der Waals surface area contributed by atoms with Crippen molar-refractivity contribution in [2.45, 2.75) is 26.0 Å². The Morgan fingerprint density at radius 2 is 1.32 bits per heavy atom. The fourth-order valence-corrected chi connectivity index (χ4v) is 6.52. The molecule has 0 radical (unpaired) electrons. The first kappa shape index (κ1) is 37.1. The number of methoxy groups -OCH3 is 2. The molecule has 0 bridgehead atoms. The number of esters is 2. The van der Waals surface area contributed by atoms with Crippen molar-refractivity contribution in [2.75, 3.05) is 14.2 Å². The van der Waals surface area contributed by atoms with Crippen LogP contribution in [-0.4, -0.2) is 42.3 Å². The summed E-state index contributed by atoms with van der Waals surface area (Å²) in [5, 5.41) is 3.20. The summed E-state index contributed by atoms with van der Waals surface area (Å²) < 4.78 is 41.2. The maximum Gasteiger partial charge on any atom is 0.387 e. The van der Waals surface area contributed by atoms with Gasteiger partial charge in [-0.05, 0) is 124 Å². The minimum Gasteiger partial charge on any atom is -0.465 e. The Bertz CT molecular complexity index is 2410. The predicted molar refractivity (Wildman–Crippen MR) is 204 cm³/mol. The second-order valence-corrected chi connectivity index (χ2v) is 13.1. The molecule has 0 saturated carbocycles. The first-order valence-electron chi connectivity index (χ1n) is 16.5. The number of nitrogens with zero attached hydrogens (tertiary/aromatic N) is 1. The number of hydrogen-bond donors (Lipinski definition) is 1. The Morgan fingerprint density at radius 1 is 0.698 bits per heavy atom. The van der Waals surface area contributed by atoms with E-state index >= 15 is 0 Å². The third kappa shape index (κ3) is 9.24. The monoisotopic (exact) mass is 754 g/mol. The van der Waals surface area contributed by atoms with Crippen LogP contribution in [0.2, 0.25) is 10.0 Å². The van der Waals surface area contributed by atoms with Gasteiger partial charge in [-0.1, -0.05) is 59.6 Å². The average Bonchev–Trinajstić information content (AvgIpc) is 3.79. The largest absolute Gasteiger partial charge is 0.465 e. The SMILES string of the molecule is COC(=O)c1cc(Cl)ccc1Cc1ccc2[nH]ccc2c1.COC(=O)c1cc(Cl)ccc1Cc1ccc2c(ccn2Cc2cccc(OC(F)F)c2)c1. The van der Waals surface area contributed by atoms with Crippen LogP contribution < -0.4 is 4.74 Å². The van der Waals surface area contributed by atoms with E-state index in [1.165, 1.54) is 20.3 Å². The van der Waals surface area contributed by atoms with Crippen LogP contribution in [0.4, 0.5) is 8.78 Å². The van der Waals surface area contributed by atoms with Gasteiger partial charge in [0.05, 0.1) is 25.3 Å². The number of aromatic amines is 1. The second-order valence-electron chi connectivity index (χ2n) is 12.2. The molecule has 7 aromatic rings. The maximum absolute atomic E-state index is 12.5. The number of nitrogens with one attached hydrogen (secondary N) is 1. The predicted octanol–water partition coefficient (Wildman–Crippen LogP) is 10.5. The van der Waals surface area contributed by atoms with Gasteiger partial charge in [-0.2, -0.15) is 8.78 Å². The summed E-state index contributed by atoms with van der Waals surface area (Å²) in [7, 11) is 2.72. The van der Waals surface area contributed by atoms with E-state index in [0.717, 1.165) is 49.6 Å². The van der Waals surface area contributed by atoms with E-state index in [0.29, 0.717) is 40.6 Å². The number of carbonyl (C=O) groups is 2. The number of carbonyl (C=O) groups excluding carboxylic acids is 2. The molecule has 5 aromatic carbocycles. The van der Waals surface area contributed by atoms with E-state index in [1.54, 1.807) is 36.4 Å². The number of rotatable bonds is 10. The molecule has 53 heavy (non-hydrogen) atoms. The van der Waals surface area contributed by atoms with E-state index in [1.807, 2.05) is 65.5 Å². The first-order valence-corrected chi connectivity index (χ1v) is 17.3. The maximum atomic E-state index is 12.5. The molecular weight excluding hydrogens is 721 g/mol. The number of fused-ring (bicyclic) bond motifs is 2. The van der Waals surface area contributed by atoms with Crippen molar-refractivity contribution in [3.05, 3.63) is 171 Å². The lowest BCUT2D eigenvalue weighted by atomic mass is 9.99. The van der Waals surface area contributed by atoms with Gasteiger partial charge in [0.25, 0.3) is 0 Å². The molecule has 270 valence electrons. The molecule has 0 aliphatic rings. The van der Waals surface area contributed by atoms with Crippen LogP contribution in [0, 0.1) is 0 Å². The molecule has 11 heteroatoms. The summed E-state index contributed by atoms with van der Waals surface area (Å²) in [4.78, 5) is 27.1. The van der Waals surface area contributed by atoms with Crippen LogP contribution >= 0.6 is 23.2 Å². The number of alkyl halides is 2. The zero-order valence-corrected chi connectivity index (χ0v) is 30.3. The Kier molecular flexibility index (Phi) is 11.8. The summed E-state index contributed by atoms with van der Waals surface area (Å²) in [6, 6.07) is 33.5. The standard InChI is InChI=1S/C25H20ClF2NO3.C17H14ClNO2/c1-31-24(30)22-14-20(26)7-6-18(22)11-16-5-8-23-19(12-16)9-10-29(23)15-17-3-2-4-21(13-17)32-25(27)28;1-21-17(20)15-10-14(18)4-3-12(15)8-11-2-5-16-13(9-11)6-7-19-16/h2-10,12-14,25H,11,15H2,1H3;2-7,9-10,19H,8H2,1H3. The second kappa shape index (κ2) is 16.8. The minimum atomic E-state index is -2.85. The number of ether oxygens (including phenoxy) is 3. The Labute approximate surface area is 314 Å². The normalized spacial score (nSPS) is 11.0. The lowest BCUT2D eigenvalue weighted by Gasteiger charge is -2.10. The van der Waals surface area contributed by atoms with E-state index in [2.05, 4.69) is 27.9 Å². The highest BCUT2D eigenvalue weighted by Crippen LogP contribution is 2.26. The smallest absolute Gasteiger partial charge is 0.387 e. The molecule has 0 atom stereocenters. The summed E-state index contributed by atoms with van der Waals surface area (Å²) >= 11 is 12.0. The summed E-state index contributed by atoms with van der Waals surface area (Å²) in [5.74, 6) is -0.649. The van der Waals surface area contributed by atoms with Gasteiger partial charge in [0, 0.05) is 40.0 Å². The molecule has 2 heterocycles. The molecule has 0 amide bonds. The number of aromatic nitrogens is 2. The number of halogens is 4. The average molecular weight is 756 g/mol. The van der Waals surface area contributed by atoms with Gasteiger partial charge in [0.15, 0.2) is 0 Å². The lowest BCUT2D eigenvalue weighted by molar-refractivity contribution is -0.0498. The van der Waals surface area contributed by atoms with Crippen LogP contribution in [-0.2, 0) is 28.9 Å². The van der Waals surface area contributed by atoms with Gasteiger partial charge in [-0.3, -0.25) is 0 Å². The molecule has 0 unspecified atom stereocenters. The zero-order chi connectivity index (χ0) is 37.5. The summed E-state index contributed by atoms with van der Waals surface area (Å²) in [6.45, 7) is -2.33. The van der Waals surface area contributed by atoms with Gasteiger partial charge in [-0.25, -0.2) is 9.59 Å². The van der Waals surface area contributed by atoms with Crippen molar-refractivity contribution in [1.29, 1.82) is 0 Å². The minimum absolute atomic E-state index is 0.139. The third-order valence-electron chi connectivity index (χ3n) is 8.67. The molecule has 0 spiro atoms. The molecule has 0 aliphatic heterocycles. The van der Waals surface area contributed by atoms with Gasteiger partial charge in [-0.15, -0.1) is 0 Å². The fraction of sp³-hybridized carbons (Fsp3) is 0.143. The topological polar surface area (TPSA) is 82.6 Å². The van der Waals surface area contributed by atoms with Crippen LogP contribution in [0.3, 0.4) is 0 Å². The van der Waals surface area contributed by atoms with Crippen LogP contribution in [0.25, 0.3) is 21.8 Å². The van der Waals surface area contributed by atoms with Gasteiger partial charge >= 0.3 is 18.6 Å². The van der Waals surface area contributed by atoms with E-state index in [4.69, 9.17) is 32.7 Å². The molecule has 0 saturated heterocycles. The Balaban J connectivity index is 0.000000198. The van der Waals surface area contributed by atoms with E-state index in [-0.39, 0.29) is 11.7 Å². The van der Waals surface area contributed by atoms with Crippen molar-refractivity contribution < 1.29 is 32.6 Å². The first-order chi connectivity index (χ1) is 25.6. The fourth-order valence-electron chi connectivity index (χ4n) is 6.17. The van der Waals surface area contributed by atoms with Crippen LogP contribution in [0.15, 0.2) is 122 Å². The molecule has 1 N–H and O–H groups in total. The van der Waals surface area contributed by atoms with Gasteiger partial charge in [0.2, 0.25) is 0 Å². The van der Waals surface area contributed by atoms with Crippen molar-refractivity contribution in [3.63, 3.8) is 0 Å². The van der Waals surface area contributed by atoms with Crippen molar-refractivity contribution in [3.8, 4) is 5.75 Å². The van der Waals surface area contributed by atoms with E-state index < -0.39 is 12.6 Å². The van der Waals surface area contributed by atoms with Crippen molar-refractivity contribution in [2.24, 2.45) is 0 Å². The van der Waals surface area contributed by atoms with Gasteiger partial charge in [0.1, 0.15) is 5.75 Å². The molecule has 7 nitrogen and oxygen atoms in total. The Hall–Kier alpha value is -5.64. The highest BCUT2D eigenvalue weighted by atomic mass is 35.5. The van der Waals surface area contributed by atoms with Crippen LogP contribution in [0.5, 0.6) is 5.75 Å². The van der Waals surface area contributed by atoms with Crippen molar-refractivity contribution in [1.82, 2.24) is 9.55 Å². The van der Waals surface area contributed by atoms with Crippen molar-refractivity contribution >= 4 is 56.9 Å².